The minimum Gasteiger partial charge on any atom is -0.484 e. The summed E-state index contributed by atoms with van der Waals surface area (Å²) >= 11 is 1.77. The van der Waals surface area contributed by atoms with Crippen molar-refractivity contribution in [2.75, 3.05) is 0 Å². The van der Waals surface area contributed by atoms with Crippen LogP contribution in [0.15, 0.2) is 60.0 Å². The molecular weight excluding hydrogens is 264 g/mol. The van der Waals surface area contributed by atoms with E-state index in [1.165, 1.54) is 15.6 Å². The minimum atomic E-state index is 0.158. The van der Waals surface area contributed by atoms with Crippen molar-refractivity contribution in [2.24, 2.45) is 0 Å². The predicted octanol–water partition coefficient (Wildman–Crippen LogP) is 5.82. The molecule has 2 heteroatoms. The standard InChI is InChI=1S/C18H18OS/c1-2-7-17(18-12-6-13-20-18)19-16-11-5-9-14-8-3-4-10-15(14)16/h3-6,8-13,17H,2,7H2,1H3/t17-/m0/s1. The van der Waals surface area contributed by atoms with Gasteiger partial charge in [0.15, 0.2) is 0 Å². The van der Waals surface area contributed by atoms with Crippen molar-refractivity contribution in [1.29, 1.82) is 0 Å². The van der Waals surface area contributed by atoms with E-state index >= 15 is 0 Å². The lowest BCUT2D eigenvalue weighted by Gasteiger charge is -2.18. The van der Waals surface area contributed by atoms with Crippen LogP contribution in [0.3, 0.4) is 0 Å². The molecule has 0 saturated carbocycles. The maximum Gasteiger partial charge on any atom is 0.133 e. The zero-order valence-corrected chi connectivity index (χ0v) is 12.4. The van der Waals surface area contributed by atoms with Crippen molar-refractivity contribution < 1.29 is 4.74 Å². The molecule has 3 aromatic rings. The van der Waals surface area contributed by atoms with Crippen LogP contribution < -0.4 is 4.74 Å². The molecule has 1 aromatic heterocycles. The third-order valence-electron chi connectivity index (χ3n) is 3.43. The molecular formula is C18H18OS. The van der Waals surface area contributed by atoms with Crippen LogP contribution in [0.5, 0.6) is 5.75 Å². The highest BCUT2D eigenvalue weighted by atomic mass is 32.1. The van der Waals surface area contributed by atoms with Crippen molar-refractivity contribution in [1.82, 2.24) is 0 Å². The quantitative estimate of drug-likeness (QED) is 0.572. The first kappa shape index (κ1) is 13.2. The summed E-state index contributed by atoms with van der Waals surface area (Å²) in [5, 5.41) is 4.53. The van der Waals surface area contributed by atoms with E-state index in [0.29, 0.717) is 0 Å². The Bertz CT molecular complexity index is 667. The second-order valence-corrected chi connectivity index (χ2v) is 5.87. The van der Waals surface area contributed by atoms with Crippen LogP contribution in [0.4, 0.5) is 0 Å². The molecule has 102 valence electrons. The van der Waals surface area contributed by atoms with Gasteiger partial charge >= 0.3 is 0 Å². The van der Waals surface area contributed by atoms with E-state index in [0.717, 1.165) is 18.6 Å². The first-order chi connectivity index (χ1) is 9.88. The lowest BCUT2D eigenvalue weighted by molar-refractivity contribution is 0.200. The molecule has 0 unspecified atom stereocenters. The molecule has 0 saturated heterocycles. The molecule has 0 aliphatic heterocycles. The summed E-state index contributed by atoms with van der Waals surface area (Å²) in [4.78, 5) is 1.31. The third-order valence-corrected chi connectivity index (χ3v) is 4.39. The lowest BCUT2D eigenvalue weighted by atomic mass is 10.1. The third kappa shape index (κ3) is 2.70. The van der Waals surface area contributed by atoms with Gasteiger partial charge in [-0.1, -0.05) is 55.8 Å². The Morgan fingerprint density at radius 3 is 2.65 bits per heavy atom. The number of hydrogen-bond acceptors (Lipinski definition) is 2. The Morgan fingerprint density at radius 2 is 1.85 bits per heavy atom. The SMILES string of the molecule is CCC[C@H](Oc1cccc2ccccc12)c1cccs1. The Labute approximate surface area is 123 Å². The highest BCUT2D eigenvalue weighted by Gasteiger charge is 2.14. The van der Waals surface area contributed by atoms with Gasteiger partial charge in [0.25, 0.3) is 0 Å². The Morgan fingerprint density at radius 1 is 1.00 bits per heavy atom. The molecule has 20 heavy (non-hydrogen) atoms. The van der Waals surface area contributed by atoms with Crippen LogP contribution in [-0.4, -0.2) is 0 Å². The first-order valence-corrected chi connectivity index (χ1v) is 7.94. The molecule has 0 fully saturated rings. The largest absolute Gasteiger partial charge is 0.484 e. The topological polar surface area (TPSA) is 9.23 Å². The average Bonchev–Trinajstić information content (AvgIpc) is 3.01. The fourth-order valence-corrected chi connectivity index (χ4v) is 3.24. The second-order valence-electron chi connectivity index (χ2n) is 4.89. The summed E-state index contributed by atoms with van der Waals surface area (Å²) in [6.45, 7) is 2.20. The van der Waals surface area contributed by atoms with Gasteiger partial charge in [-0.25, -0.2) is 0 Å². The van der Waals surface area contributed by atoms with E-state index in [2.05, 4.69) is 66.9 Å². The second kappa shape index (κ2) is 6.10. The van der Waals surface area contributed by atoms with E-state index in [1.54, 1.807) is 11.3 Å². The number of benzene rings is 2. The van der Waals surface area contributed by atoms with Gasteiger partial charge in [-0.05, 0) is 29.3 Å². The van der Waals surface area contributed by atoms with Crippen molar-refractivity contribution in [3.8, 4) is 5.75 Å². The Hall–Kier alpha value is -1.80. The summed E-state index contributed by atoms with van der Waals surface area (Å²) in [5.41, 5.74) is 0. The highest BCUT2D eigenvalue weighted by Crippen LogP contribution is 2.33. The monoisotopic (exact) mass is 282 g/mol. The van der Waals surface area contributed by atoms with Gasteiger partial charge in [0.05, 0.1) is 0 Å². The molecule has 0 N–H and O–H groups in total. The molecule has 0 aliphatic carbocycles. The smallest absolute Gasteiger partial charge is 0.133 e. The van der Waals surface area contributed by atoms with Crippen LogP contribution >= 0.6 is 11.3 Å². The average molecular weight is 282 g/mol. The van der Waals surface area contributed by atoms with E-state index in [4.69, 9.17) is 4.74 Å². The maximum atomic E-state index is 6.32. The maximum absolute atomic E-state index is 6.32. The zero-order valence-electron chi connectivity index (χ0n) is 11.6. The molecule has 1 atom stereocenters. The fourth-order valence-electron chi connectivity index (χ4n) is 2.45. The van der Waals surface area contributed by atoms with Crippen molar-refractivity contribution in [3.05, 3.63) is 64.9 Å². The predicted molar refractivity (Wildman–Crippen MR) is 86.5 cm³/mol. The Balaban J connectivity index is 1.94. The summed E-state index contributed by atoms with van der Waals surface area (Å²) in [6, 6.07) is 18.9. The number of thiophene rings is 1. The van der Waals surface area contributed by atoms with Gasteiger partial charge in [-0.15, -0.1) is 11.3 Å². The zero-order chi connectivity index (χ0) is 13.8. The molecule has 1 nitrogen and oxygen atoms in total. The van der Waals surface area contributed by atoms with Crippen LogP contribution in [0.1, 0.15) is 30.7 Å². The molecule has 0 amide bonds. The minimum absolute atomic E-state index is 0.158. The molecule has 1 heterocycles. The van der Waals surface area contributed by atoms with E-state index in [9.17, 15) is 0 Å². The molecule has 0 radical (unpaired) electrons. The highest BCUT2D eigenvalue weighted by molar-refractivity contribution is 7.10. The lowest BCUT2D eigenvalue weighted by Crippen LogP contribution is -2.05. The van der Waals surface area contributed by atoms with E-state index < -0.39 is 0 Å². The van der Waals surface area contributed by atoms with Gasteiger partial charge in [0, 0.05) is 10.3 Å². The van der Waals surface area contributed by atoms with Gasteiger partial charge in [0.1, 0.15) is 11.9 Å². The van der Waals surface area contributed by atoms with Gasteiger partial charge in [0.2, 0.25) is 0 Å². The molecule has 3 rings (SSSR count). The van der Waals surface area contributed by atoms with Crippen LogP contribution in [0.2, 0.25) is 0 Å². The normalized spacial score (nSPS) is 12.4. The van der Waals surface area contributed by atoms with E-state index in [-0.39, 0.29) is 6.10 Å². The van der Waals surface area contributed by atoms with Crippen LogP contribution in [0.25, 0.3) is 10.8 Å². The van der Waals surface area contributed by atoms with Gasteiger partial charge in [-0.3, -0.25) is 0 Å². The van der Waals surface area contributed by atoms with Gasteiger partial charge in [-0.2, -0.15) is 0 Å². The fraction of sp³-hybridized carbons (Fsp3) is 0.222. The molecule has 2 aromatic carbocycles. The van der Waals surface area contributed by atoms with Crippen LogP contribution in [-0.2, 0) is 0 Å². The molecule has 0 aliphatic rings. The van der Waals surface area contributed by atoms with E-state index in [1.807, 2.05) is 0 Å². The van der Waals surface area contributed by atoms with Gasteiger partial charge < -0.3 is 4.74 Å². The first-order valence-electron chi connectivity index (χ1n) is 7.06. The summed E-state index contributed by atoms with van der Waals surface area (Å²) in [6.07, 6.45) is 2.32. The number of ether oxygens (including phenoxy) is 1. The Kier molecular flexibility index (Phi) is 4.03. The number of rotatable bonds is 5. The van der Waals surface area contributed by atoms with Crippen molar-refractivity contribution in [2.45, 2.75) is 25.9 Å². The van der Waals surface area contributed by atoms with Crippen LogP contribution in [0, 0.1) is 0 Å². The van der Waals surface area contributed by atoms with Crippen molar-refractivity contribution in [3.63, 3.8) is 0 Å². The van der Waals surface area contributed by atoms with Crippen molar-refractivity contribution >= 4 is 22.1 Å². The summed E-state index contributed by atoms with van der Waals surface area (Å²) in [5.74, 6) is 0.981. The summed E-state index contributed by atoms with van der Waals surface area (Å²) < 4.78 is 6.32. The molecule has 0 bridgehead atoms. The number of hydrogen-bond donors (Lipinski definition) is 0. The number of fused-ring (bicyclic) bond motifs is 1. The molecule has 0 spiro atoms. The summed E-state index contributed by atoms with van der Waals surface area (Å²) in [7, 11) is 0.